The maximum atomic E-state index is 10.6. The number of phenolic OH excluding ortho intramolecular Hbond substituents is 4. The van der Waals surface area contributed by atoms with Crippen molar-refractivity contribution in [3.05, 3.63) is 263 Å². The van der Waals surface area contributed by atoms with Crippen LogP contribution in [0.25, 0.3) is 0 Å². The second kappa shape index (κ2) is 48.2. The van der Waals surface area contributed by atoms with E-state index in [4.69, 9.17) is 40.9 Å². The van der Waals surface area contributed by atoms with Crippen LogP contribution in [0.2, 0.25) is 0 Å². The Bertz CT molecular complexity index is 3560. The first-order valence-corrected chi connectivity index (χ1v) is 40.1. The summed E-state index contributed by atoms with van der Waals surface area (Å²) in [6.07, 6.45) is 2.95. The molecule has 8 aromatic rings. The van der Waals surface area contributed by atoms with Gasteiger partial charge in [-0.1, -0.05) is 170 Å². The van der Waals surface area contributed by atoms with Crippen molar-refractivity contribution in [3.63, 3.8) is 0 Å². The van der Waals surface area contributed by atoms with E-state index in [1.807, 2.05) is 0 Å². The molecule has 16 N–H and O–H groups in total. The first-order chi connectivity index (χ1) is 55.5. The number of aromatic hydroxyl groups is 4. The molecule has 0 saturated carbocycles. The van der Waals surface area contributed by atoms with Gasteiger partial charge in [0.1, 0.15) is 23.0 Å². The molecule has 0 aliphatic carbocycles. The van der Waals surface area contributed by atoms with Crippen LogP contribution < -0.4 is 0 Å². The lowest BCUT2D eigenvalue weighted by atomic mass is 9.89. The highest BCUT2D eigenvalue weighted by atomic mass is 16.4. The Kier molecular flexibility index (Phi) is 38.8. The third-order valence-corrected chi connectivity index (χ3v) is 22.7. The number of aliphatic hydroxyl groups is 8. The number of piperidine rings is 4. The number of carboxylic acids is 4. The van der Waals surface area contributed by atoms with E-state index in [0.717, 1.165) is 124 Å². The molecule has 12 rings (SSSR count). The molecule has 4 aliphatic heterocycles. The summed E-state index contributed by atoms with van der Waals surface area (Å²) in [4.78, 5) is 48.6. The molecule has 12 atom stereocenters. The topological polar surface area (TPSA) is 405 Å². The van der Waals surface area contributed by atoms with Crippen LogP contribution in [0.5, 0.6) is 23.0 Å². The number of benzene rings is 8. The number of hydrogen-bond donors (Lipinski definition) is 16. The highest BCUT2D eigenvalue weighted by molar-refractivity contribution is 5.83. The summed E-state index contributed by atoms with van der Waals surface area (Å²) in [5.74, 6) is -3.18. The van der Waals surface area contributed by atoms with Gasteiger partial charge in [-0.25, -0.2) is 19.2 Å². The largest absolute Gasteiger partial charge is 0.508 e. The average molecular weight is 1600 g/mol. The smallest absolute Gasteiger partial charge is 0.335 e. The van der Waals surface area contributed by atoms with E-state index in [9.17, 15) is 60.0 Å². The van der Waals surface area contributed by atoms with Crippen LogP contribution in [-0.2, 0) is 44.9 Å². The molecule has 4 unspecified atom stereocenters. The van der Waals surface area contributed by atoms with Gasteiger partial charge in [0.25, 0.3) is 0 Å². The molecule has 4 fully saturated rings. The number of rotatable bonds is 26. The monoisotopic (exact) mass is 1600 g/mol. The zero-order valence-electron chi connectivity index (χ0n) is 66.7. The summed E-state index contributed by atoms with van der Waals surface area (Å²) in [6.45, 7) is 16.7. The molecular formula is C92H120N4O20. The zero-order valence-corrected chi connectivity index (χ0v) is 66.7. The highest BCUT2D eigenvalue weighted by Crippen LogP contribution is 2.34. The van der Waals surface area contributed by atoms with Crippen LogP contribution in [0.15, 0.2) is 218 Å². The number of nitrogens with zero attached hydrogens (tertiary/aromatic N) is 4. The van der Waals surface area contributed by atoms with E-state index in [1.54, 1.807) is 97.1 Å². The van der Waals surface area contributed by atoms with E-state index in [1.165, 1.54) is 73.6 Å². The van der Waals surface area contributed by atoms with E-state index < -0.39 is 72.7 Å². The Labute approximate surface area is 680 Å². The Balaban J connectivity index is 0.000000198. The number of likely N-dealkylation sites (tertiary alicyclic amines) is 4. The fraction of sp³-hybridized carbons (Fsp3) is 0.435. The fourth-order valence-corrected chi connectivity index (χ4v) is 15.2. The number of hydrogen-bond acceptors (Lipinski definition) is 20. The molecule has 0 aromatic heterocycles. The predicted octanol–water partition coefficient (Wildman–Crippen LogP) is 10.8. The summed E-state index contributed by atoms with van der Waals surface area (Å²) in [5, 5.41) is 145. The van der Waals surface area contributed by atoms with Crippen LogP contribution in [-0.4, -0.2) is 226 Å². The molecule has 0 bridgehead atoms. The third-order valence-electron chi connectivity index (χ3n) is 22.7. The van der Waals surface area contributed by atoms with Gasteiger partial charge in [0.2, 0.25) is 0 Å². The molecule has 24 heteroatoms. The van der Waals surface area contributed by atoms with Crippen LogP contribution in [0, 0.1) is 23.7 Å². The molecule has 0 amide bonds. The van der Waals surface area contributed by atoms with Gasteiger partial charge in [-0.2, -0.15) is 0 Å². The van der Waals surface area contributed by atoms with Gasteiger partial charge in [0.15, 0.2) is 24.4 Å². The first kappa shape index (κ1) is 93.5. The van der Waals surface area contributed by atoms with E-state index in [0.29, 0.717) is 0 Å². The maximum Gasteiger partial charge on any atom is 0.335 e. The zero-order chi connectivity index (χ0) is 84.4. The summed E-state index contributed by atoms with van der Waals surface area (Å²) >= 11 is 0. The Morgan fingerprint density at radius 3 is 0.543 bits per heavy atom. The molecule has 4 aliphatic rings. The lowest BCUT2D eigenvalue weighted by molar-refractivity contribution is -0.165. The third kappa shape index (κ3) is 30.8. The lowest BCUT2D eigenvalue weighted by Crippen LogP contribution is -2.43. The van der Waals surface area contributed by atoms with E-state index in [2.05, 4.69) is 169 Å². The van der Waals surface area contributed by atoms with Crippen LogP contribution >= 0.6 is 0 Å². The SMILES string of the molecule is C[C@@H]([C@H](O)c1ccc(O)cc1)N1CCC(Cc2ccccc2)CC1.C[C@@H]([C@H](O)c1ccc(O)cc1)N1CCC(Cc2ccccc2)CC1.C[C@H]([C@@H](O)c1ccc(O)cc1)N1CCC(Cc2ccccc2)CC1.C[C@H]([C@@H](O)c1ccc(O)cc1)N1CCC(Cc2ccccc2)CC1.O=C(O)C(O)C(O)C(=O)O.O=C(O)C(O)C(O)C(=O)O. The van der Waals surface area contributed by atoms with Crippen LogP contribution in [0.4, 0.5) is 0 Å². The van der Waals surface area contributed by atoms with Crippen molar-refractivity contribution in [2.75, 3.05) is 52.4 Å². The Hall–Kier alpha value is -9.64. The molecule has 116 heavy (non-hydrogen) atoms. The minimum atomic E-state index is -2.27. The lowest BCUT2D eigenvalue weighted by Gasteiger charge is -2.38. The van der Waals surface area contributed by atoms with Crippen molar-refractivity contribution in [3.8, 4) is 23.0 Å². The standard InChI is InChI=1S/4C21H27NO2.2C4H6O6/c4*1-16(21(24)19-7-9-20(23)10-8-19)22-13-11-18(12-14-22)15-17-5-3-2-4-6-17;2*5-1(3(7)8)2(6)4(9)10/h4*2-10,16,18,21,23-24H,11-15H2,1H3;2*1-2,5-6H,(H,7,8)(H,9,10)/t4*16-,21-;;/m1100../s1. The number of carbonyl (C=O) groups is 4. The van der Waals surface area contributed by atoms with E-state index in [-0.39, 0.29) is 47.2 Å². The molecule has 4 saturated heterocycles. The van der Waals surface area contributed by atoms with Crippen molar-refractivity contribution >= 4 is 23.9 Å². The Morgan fingerprint density at radius 1 is 0.259 bits per heavy atom. The van der Waals surface area contributed by atoms with Crippen molar-refractivity contribution in [2.24, 2.45) is 23.7 Å². The van der Waals surface area contributed by atoms with Crippen LogP contribution in [0.3, 0.4) is 0 Å². The summed E-state index contributed by atoms with van der Waals surface area (Å²) in [7, 11) is 0. The minimum Gasteiger partial charge on any atom is -0.508 e. The van der Waals surface area contributed by atoms with Crippen molar-refractivity contribution in [2.45, 2.75) is 178 Å². The predicted molar refractivity (Wildman–Crippen MR) is 442 cm³/mol. The van der Waals surface area contributed by atoms with Gasteiger partial charge in [-0.05, 0) is 274 Å². The Morgan fingerprint density at radius 2 is 0.405 bits per heavy atom. The second-order valence-electron chi connectivity index (χ2n) is 30.9. The van der Waals surface area contributed by atoms with Crippen molar-refractivity contribution < 1.29 is 101 Å². The molecule has 0 radical (unpaired) electrons. The number of aliphatic hydroxyl groups excluding tert-OH is 8. The first-order valence-electron chi connectivity index (χ1n) is 40.1. The van der Waals surface area contributed by atoms with Crippen LogP contribution in [0.1, 0.15) is 148 Å². The molecule has 4 heterocycles. The minimum absolute atomic E-state index is 0.0900. The van der Waals surface area contributed by atoms with Crippen molar-refractivity contribution in [1.29, 1.82) is 0 Å². The van der Waals surface area contributed by atoms with Crippen molar-refractivity contribution in [1.82, 2.24) is 19.6 Å². The van der Waals surface area contributed by atoms with Gasteiger partial charge >= 0.3 is 23.9 Å². The maximum absolute atomic E-state index is 10.6. The summed E-state index contributed by atoms with van der Waals surface area (Å²) in [5.41, 5.74) is 9.17. The number of carboxylic acid groups (broad SMARTS) is 4. The quantitative estimate of drug-likeness (QED) is 0.0239. The summed E-state index contributed by atoms with van der Waals surface area (Å²) < 4.78 is 0. The van der Waals surface area contributed by atoms with Gasteiger partial charge in [0.05, 0.1) is 24.4 Å². The number of aliphatic carboxylic acids is 4. The van der Waals surface area contributed by atoms with Gasteiger partial charge in [-0.3, -0.25) is 19.6 Å². The van der Waals surface area contributed by atoms with E-state index >= 15 is 0 Å². The summed E-state index contributed by atoms with van der Waals surface area (Å²) in [6, 6.07) is 70.7. The van der Waals surface area contributed by atoms with Gasteiger partial charge in [0, 0.05) is 24.2 Å². The average Bonchev–Trinajstić information content (AvgIpc) is 0.850. The molecular weight excluding hydrogens is 1480 g/mol. The molecule has 628 valence electrons. The normalized spacial score (nSPS) is 18.5. The molecule has 8 aromatic carbocycles. The van der Waals surface area contributed by atoms with Gasteiger partial charge in [-0.15, -0.1) is 0 Å². The highest BCUT2D eigenvalue weighted by Gasteiger charge is 2.34. The fourth-order valence-electron chi connectivity index (χ4n) is 15.2. The van der Waals surface area contributed by atoms with Gasteiger partial charge < -0.3 is 81.7 Å². The molecule has 24 nitrogen and oxygen atoms in total. The second-order valence-corrected chi connectivity index (χ2v) is 30.9. The molecule has 0 spiro atoms. The number of phenols is 4.